The lowest BCUT2D eigenvalue weighted by Gasteiger charge is -2.58. The van der Waals surface area contributed by atoms with Gasteiger partial charge in [-0.05, 0) is 92.3 Å². The van der Waals surface area contributed by atoms with E-state index in [0.29, 0.717) is 18.3 Å². The molecule has 7 atom stereocenters. The molecule has 0 aliphatic heterocycles. The Balaban J connectivity index is 1.52. The van der Waals surface area contributed by atoms with Gasteiger partial charge < -0.3 is 5.11 Å². The highest BCUT2D eigenvalue weighted by Gasteiger charge is 2.58. The number of rotatable bonds is 4. The lowest BCUT2D eigenvalue weighted by atomic mass is 9.47. The highest BCUT2D eigenvalue weighted by Crippen LogP contribution is 2.66. The number of fused-ring (bicyclic) bond motifs is 5. The number of hydrogen-bond acceptors (Lipinski definition) is 1. The van der Waals surface area contributed by atoms with Crippen LogP contribution in [0.25, 0.3) is 0 Å². The molecule has 1 nitrogen and oxygen atoms in total. The Bertz CT molecular complexity index is 599. The van der Waals surface area contributed by atoms with Crippen LogP contribution in [0.3, 0.4) is 0 Å². The predicted octanol–water partition coefficient (Wildman–Crippen LogP) is 6.75. The summed E-state index contributed by atoms with van der Waals surface area (Å²) in [6.45, 7) is 6.50. The third-order valence-electron chi connectivity index (χ3n) is 9.65. The van der Waals surface area contributed by atoms with Crippen LogP contribution in [0.2, 0.25) is 0 Å². The predicted molar refractivity (Wildman–Crippen MR) is 106 cm³/mol. The molecule has 154 valence electrons. The van der Waals surface area contributed by atoms with Gasteiger partial charge in [-0.25, -0.2) is 8.78 Å². The molecule has 0 aromatic heterocycles. The van der Waals surface area contributed by atoms with Crippen molar-refractivity contribution in [3.63, 3.8) is 0 Å². The third-order valence-corrected chi connectivity index (χ3v) is 9.65. The Morgan fingerprint density at radius 1 is 1.11 bits per heavy atom. The Morgan fingerprint density at radius 3 is 2.63 bits per heavy atom. The second-order valence-electron chi connectivity index (χ2n) is 10.7. The summed E-state index contributed by atoms with van der Waals surface area (Å²) in [5.74, 6) is 0.165. The highest BCUT2D eigenvalue weighted by atomic mass is 19.3. The van der Waals surface area contributed by atoms with Crippen molar-refractivity contribution in [1.82, 2.24) is 0 Å². The van der Waals surface area contributed by atoms with E-state index in [4.69, 9.17) is 0 Å². The maximum Gasteiger partial charge on any atom is 0.247 e. The summed E-state index contributed by atoms with van der Waals surface area (Å²) in [5.41, 5.74) is 2.06. The third kappa shape index (κ3) is 3.20. The first-order valence-electron chi connectivity index (χ1n) is 11.4. The topological polar surface area (TPSA) is 20.2 Å². The van der Waals surface area contributed by atoms with E-state index >= 15 is 0 Å². The van der Waals surface area contributed by atoms with E-state index in [9.17, 15) is 13.9 Å². The van der Waals surface area contributed by atoms with Crippen LogP contribution in [0.1, 0.15) is 91.4 Å². The van der Waals surface area contributed by atoms with Gasteiger partial charge in [0.25, 0.3) is 0 Å². The van der Waals surface area contributed by atoms with Gasteiger partial charge in [0, 0.05) is 12.8 Å². The van der Waals surface area contributed by atoms with Crippen molar-refractivity contribution in [1.29, 1.82) is 0 Å². The van der Waals surface area contributed by atoms with Crippen molar-refractivity contribution in [3.05, 3.63) is 11.6 Å². The van der Waals surface area contributed by atoms with Gasteiger partial charge in [0.15, 0.2) is 0 Å². The standard InChI is InChI=1S/C24H38F2O/c1-4-24(25,26)14-9-16-6-8-20-19-7-5-17-15-18(27)10-12-23(17,3)21(19)11-13-22(16,20)2/h5,16,18-21,27H,4,6-15H2,1-3H3. The van der Waals surface area contributed by atoms with E-state index in [1.807, 2.05) is 0 Å². The molecule has 0 saturated heterocycles. The average Bonchev–Trinajstić information content (AvgIpc) is 2.97. The number of aliphatic hydroxyl groups is 1. The van der Waals surface area contributed by atoms with Gasteiger partial charge in [0.1, 0.15) is 0 Å². The minimum atomic E-state index is -2.48. The number of allylic oxidation sites excluding steroid dienone is 1. The van der Waals surface area contributed by atoms with E-state index in [-0.39, 0.29) is 29.8 Å². The van der Waals surface area contributed by atoms with E-state index in [1.54, 1.807) is 6.92 Å². The number of halogens is 2. The number of aliphatic hydroxyl groups excluding tert-OH is 1. The summed E-state index contributed by atoms with van der Waals surface area (Å²) in [7, 11) is 0. The first-order chi connectivity index (χ1) is 12.7. The molecule has 0 amide bonds. The molecule has 1 N–H and O–H groups in total. The zero-order chi connectivity index (χ0) is 19.4. The first-order valence-corrected chi connectivity index (χ1v) is 11.4. The molecular formula is C24H38F2O. The molecule has 4 rings (SSSR count). The quantitative estimate of drug-likeness (QED) is 0.535. The first kappa shape index (κ1) is 19.9. The summed E-state index contributed by atoms with van der Waals surface area (Å²) in [6.07, 6.45) is 12.0. The van der Waals surface area contributed by atoms with Crippen LogP contribution in [0.15, 0.2) is 11.6 Å². The Morgan fingerprint density at radius 2 is 1.89 bits per heavy atom. The maximum atomic E-state index is 13.9. The fraction of sp³-hybridized carbons (Fsp3) is 0.917. The van der Waals surface area contributed by atoms with Crippen LogP contribution < -0.4 is 0 Å². The summed E-state index contributed by atoms with van der Waals surface area (Å²) in [4.78, 5) is 0. The molecule has 0 heterocycles. The van der Waals surface area contributed by atoms with Crippen LogP contribution in [-0.2, 0) is 0 Å². The molecule has 0 aromatic carbocycles. The van der Waals surface area contributed by atoms with Gasteiger partial charge in [0.05, 0.1) is 6.10 Å². The maximum absolute atomic E-state index is 13.9. The van der Waals surface area contributed by atoms with E-state index in [2.05, 4.69) is 19.9 Å². The van der Waals surface area contributed by atoms with Gasteiger partial charge in [-0.15, -0.1) is 0 Å². The molecule has 0 spiro atoms. The molecule has 0 aromatic rings. The van der Waals surface area contributed by atoms with Crippen molar-refractivity contribution < 1.29 is 13.9 Å². The summed E-state index contributed by atoms with van der Waals surface area (Å²) < 4.78 is 27.7. The second-order valence-corrected chi connectivity index (χ2v) is 10.7. The number of hydrogen-bond donors (Lipinski definition) is 1. The molecule has 0 bridgehead atoms. The largest absolute Gasteiger partial charge is 0.393 e. The zero-order valence-corrected chi connectivity index (χ0v) is 17.4. The van der Waals surface area contributed by atoms with Gasteiger partial charge in [-0.2, -0.15) is 0 Å². The van der Waals surface area contributed by atoms with Crippen molar-refractivity contribution in [3.8, 4) is 0 Å². The number of alkyl halides is 2. The van der Waals surface area contributed by atoms with Crippen molar-refractivity contribution in [2.24, 2.45) is 34.5 Å². The van der Waals surface area contributed by atoms with Crippen molar-refractivity contribution >= 4 is 0 Å². The van der Waals surface area contributed by atoms with Gasteiger partial charge in [-0.1, -0.05) is 32.4 Å². The Kier molecular flexibility index (Phi) is 5.01. The normalized spacial score (nSPS) is 47.0. The fourth-order valence-electron chi connectivity index (χ4n) is 7.79. The summed E-state index contributed by atoms with van der Waals surface area (Å²) in [6, 6.07) is 0. The van der Waals surface area contributed by atoms with Crippen molar-refractivity contribution in [2.45, 2.75) is 103 Å². The lowest BCUT2D eigenvalue weighted by molar-refractivity contribution is -0.0596. The molecule has 27 heavy (non-hydrogen) atoms. The van der Waals surface area contributed by atoms with Crippen LogP contribution in [0.5, 0.6) is 0 Å². The molecule has 0 radical (unpaired) electrons. The van der Waals surface area contributed by atoms with Crippen LogP contribution in [-0.4, -0.2) is 17.1 Å². The van der Waals surface area contributed by atoms with E-state index < -0.39 is 5.92 Å². The SMILES string of the molecule is CCC(F)(F)CCC1CCC2C3CC=C4CC(O)CCC4(C)C3CCC12C. The Labute approximate surface area is 164 Å². The van der Waals surface area contributed by atoms with E-state index in [0.717, 1.165) is 43.9 Å². The molecule has 3 heteroatoms. The van der Waals surface area contributed by atoms with Crippen molar-refractivity contribution in [2.75, 3.05) is 0 Å². The molecule has 4 aliphatic carbocycles. The minimum Gasteiger partial charge on any atom is -0.393 e. The molecule has 3 fully saturated rings. The molecule has 3 saturated carbocycles. The van der Waals surface area contributed by atoms with Crippen LogP contribution in [0.4, 0.5) is 8.78 Å². The average molecular weight is 381 g/mol. The summed E-state index contributed by atoms with van der Waals surface area (Å²) >= 11 is 0. The smallest absolute Gasteiger partial charge is 0.247 e. The van der Waals surface area contributed by atoms with E-state index in [1.165, 1.54) is 24.8 Å². The molecular weight excluding hydrogens is 342 g/mol. The van der Waals surface area contributed by atoms with Gasteiger partial charge >= 0.3 is 0 Å². The molecule has 7 unspecified atom stereocenters. The monoisotopic (exact) mass is 380 g/mol. The van der Waals surface area contributed by atoms with Crippen LogP contribution in [0, 0.1) is 34.5 Å². The minimum absolute atomic E-state index is 0.0255. The van der Waals surface area contributed by atoms with Gasteiger partial charge in [-0.3, -0.25) is 0 Å². The zero-order valence-electron chi connectivity index (χ0n) is 17.4. The van der Waals surface area contributed by atoms with Gasteiger partial charge in [0.2, 0.25) is 5.92 Å². The lowest BCUT2D eigenvalue weighted by Crippen LogP contribution is -2.50. The van der Waals surface area contributed by atoms with Crippen LogP contribution >= 0.6 is 0 Å². The fourth-order valence-corrected chi connectivity index (χ4v) is 7.79. The summed E-state index contributed by atoms with van der Waals surface area (Å²) in [5, 5.41) is 10.1. The highest BCUT2D eigenvalue weighted by molar-refractivity contribution is 5.25. The Hall–Kier alpha value is -0.440. The molecule has 4 aliphatic rings. The second kappa shape index (κ2) is 6.82.